The van der Waals surface area contributed by atoms with E-state index in [-0.39, 0.29) is 5.71 Å². The van der Waals surface area contributed by atoms with Crippen LogP contribution in [0.15, 0.2) is 36.4 Å². The van der Waals surface area contributed by atoms with E-state index in [1.54, 1.807) is 18.2 Å². The van der Waals surface area contributed by atoms with E-state index in [9.17, 15) is 4.79 Å². The maximum absolute atomic E-state index is 11.3. The summed E-state index contributed by atoms with van der Waals surface area (Å²) in [4.78, 5) is 11.3. The Kier molecular flexibility index (Phi) is 3.10. The SMILES string of the molecule is N=C(c1ccc2c(c1)CCO2)c1cc(C(N)=O)ccc1N. The highest BCUT2D eigenvalue weighted by Gasteiger charge is 2.16. The smallest absolute Gasteiger partial charge is 0.248 e. The zero-order chi connectivity index (χ0) is 15.0. The van der Waals surface area contributed by atoms with Gasteiger partial charge >= 0.3 is 0 Å². The minimum Gasteiger partial charge on any atom is -0.493 e. The van der Waals surface area contributed by atoms with Crippen molar-refractivity contribution in [1.29, 1.82) is 5.41 Å². The van der Waals surface area contributed by atoms with Crippen molar-refractivity contribution in [3.05, 3.63) is 58.7 Å². The van der Waals surface area contributed by atoms with E-state index in [0.29, 0.717) is 23.4 Å². The lowest BCUT2D eigenvalue weighted by molar-refractivity contribution is 0.100. The second-order valence-corrected chi connectivity index (χ2v) is 4.96. The van der Waals surface area contributed by atoms with Gasteiger partial charge in [0.15, 0.2) is 0 Å². The van der Waals surface area contributed by atoms with Crippen LogP contribution in [0.5, 0.6) is 5.75 Å². The van der Waals surface area contributed by atoms with Crippen LogP contribution < -0.4 is 16.2 Å². The van der Waals surface area contributed by atoms with Crippen molar-refractivity contribution >= 4 is 17.3 Å². The van der Waals surface area contributed by atoms with E-state index in [1.165, 1.54) is 0 Å². The van der Waals surface area contributed by atoms with E-state index in [2.05, 4.69) is 0 Å². The van der Waals surface area contributed by atoms with Gasteiger partial charge in [0.2, 0.25) is 5.91 Å². The topological polar surface area (TPSA) is 102 Å². The molecule has 5 nitrogen and oxygen atoms in total. The van der Waals surface area contributed by atoms with Gasteiger partial charge < -0.3 is 16.2 Å². The second kappa shape index (κ2) is 4.94. The van der Waals surface area contributed by atoms with Crippen LogP contribution in [0.4, 0.5) is 5.69 Å². The van der Waals surface area contributed by atoms with Gasteiger partial charge in [0, 0.05) is 28.8 Å². The van der Waals surface area contributed by atoms with Crippen LogP contribution in [0.2, 0.25) is 0 Å². The number of fused-ring (bicyclic) bond motifs is 1. The van der Waals surface area contributed by atoms with Crippen LogP contribution in [-0.4, -0.2) is 18.2 Å². The highest BCUT2D eigenvalue weighted by Crippen LogP contribution is 2.27. The van der Waals surface area contributed by atoms with Crippen LogP contribution in [0.3, 0.4) is 0 Å². The first-order valence-corrected chi connectivity index (χ1v) is 6.60. The fourth-order valence-electron chi connectivity index (χ4n) is 2.42. The minimum atomic E-state index is -0.536. The fourth-order valence-corrected chi connectivity index (χ4v) is 2.42. The summed E-state index contributed by atoms with van der Waals surface area (Å²) in [6, 6.07) is 10.3. The minimum absolute atomic E-state index is 0.269. The van der Waals surface area contributed by atoms with Crippen LogP contribution in [0.1, 0.15) is 27.0 Å². The molecule has 0 radical (unpaired) electrons. The Hall–Kier alpha value is -2.82. The summed E-state index contributed by atoms with van der Waals surface area (Å²) in [5, 5.41) is 8.34. The second-order valence-electron chi connectivity index (χ2n) is 4.96. The summed E-state index contributed by atoms with van der Waals surface area (Å²) in [7, 11) is 0. The maximum atomic E-state index is 11.3. The Balaban J connectivity index is 2.02. The zero-order valence-electron chi connectivity index (χ0n) is 11.3. The summed E-state index contributed by atoms with van der Waals surface area (Å²) >= 11 is 0. The summed E-state index contributed by atoms with van der Waals surface area (Å²) < 4.78 is 5.46. The Morgan fingerprint density at radius 3 is 2.67 bits per heavy atom. The highest BCUT2D eigenvalue weighted by atomic mass is 16.5. The van der Waals surface area contributed by atoms with Crippen molar-refractivity contribution in [3.8, 4) is 5.75 Å². The number of primary amides is 1. The number of nitrogens with one attached hydrogen (secondary N) is 1. The molecule has 0 aliphatic carbocycles. The third kappa shape index (κ3) is 2.33. The van der Waals surface area contributed by atoms with Gasteiger partial charge in [0.25, 0.3) is 0 Å². The lowest BCUT2D eigenvalue weighted by Crippen LogP contribution is -2.13. The highest BCUT2D eigenvalue weighted by molar-refractivity contribution is 6.15. The normalized spacial score (nSPS) is 12.6. The molecule has 1 aliphatic rings. The molecule has 0 fully saturated rings. The molecule has 5 N–H and O–H groups in total. The number of carbonyl (C=O) groups is 1. The first-order chi connectivity index (χ1) is 10.1. The Labute approximate surface area is 122 Å². The summed E-state index contributed by atoms with van der Waals surface area (Å²) in [6.07, 6.45) is 0.841. The largest absolute Gasteiger partial charge is 0.493 e. The lowest BCUT2D eigenvalue weighted by Gasteiger charge is -2.10. The number of benzene rings is 2. The third-order valence-corrected chi connectivity index (χ3v) is 3.59. The molecule has 5 heteroatoms. The number of carbonyl (C=O) groups excluding carboxylic acids is 1. The Bertz CT molecular complexity index is 753. The molecule has 2 aromatic carbocycles. The molecule has 1 heterocycles. The maximum Gasteiger partial charge on any atom is 0.248 e. The number of ether oxygens (including phenoxy) is 1. The fraction of sp³-hybridized carbons (Fsp3) is 0.125. The number of anilines is 1. The molecule has 3 rings (SSSR count). The first-order valence-electron chi connectivity index (χ1n) is 6.60. The monoisotopic (exact) mass is 281 g/mol. The van der Waals surface area contributed by atoms with Gasteiger partial charge in [-0.15, -0.1) is 0 Å². The predicted octanol–water partition coefficient (Wildman–Crippen LogP) is 1.72. The van der Waals surface area contributed by atoms with Gasteiger partial charge in [-0.3, -0.25) is 10.2 Å². The molecule has 2 aromatic rings. The van der Waals surface area contributed by atoms with Crippen molar-refractivity contribution in [2.75, 3.05) is 12.3 Å². The summed E-state index contributed by atoms with van der Waals surface area (Å²) in [5.74, 6) is 0.330. The molecule has 0 bridgehead atoms. The lowest BCUT2D eigenvalue weighted by atomic mass is 9.97. The molecular weight excluding hydrogens is 266 g/mol. The van der Waals surface area contributed by atoms with Gasteiger partial charge in [-0.2, -0.15) is 0 Å². The molecular formula is C16H15N3O2. The van der Waals surface area contributed by atoms with Gasteiger partial charge in [-0.05, 0) is 42.0 Å². The molecule has 0 unspecified atom stereocenters. The Morgan fingerprint density at radius 1 is 1.14 bits per heavy atom. The van der Waals surface area contributed by atoms with Crippen LogP contribution in [-0.2, 0) is 6.42 Å². The van der Waals surface area contributed by atoms with Crippen molar-refractivity contribution < 1.29 is 9.53 Å². The van der Waals surface area contributed by atoms with Crippen LogP contribution in [0, 0.1) is 5.41 Å². The van der Waals surface area contributed by atoms with Crippen molar-refractivity contribution in [2.45, 2.75) is 6.42 Å². The van der Waals surface area contributed by atoms with E-state index in [4.69, 9.17) is 21.6 Å². The van der Waals surface area contributed by atoms with Crippen molar-refractivity contribution in [3.63, 3.8) is 0 Å². The van der Waals surface area contributed by atoms with Crippen LogP contribution in [0.25, 0.3) is 0 Å². The van der Waals surface area contributed by atoms with Gasteiger partial charge in [0.05, 0.1) is 12.3 Å². The molecule has 106 valence electrons. The number of rotatable bonds is 3. The number of hydrogen-bond acceptors (Lipinski definition) is 4. The van der Waals surface area contributed by atoms with Gasteiger partial charge in [-0.1, -0.05) is 0 Å². The van der Waals surface area contributed by atoms with Gasteiger partial charge in [-0.25, -0.2) is 0 Å². The predicted molar refractivity (Wildman–Crippen MR) is 80.9 cm³/mol. The Morgan fingerprint density at radius 2 is 1.90 bits per heavy atom. The molecule has 0 saturated heterocycles. The van der Waals surface area contributed by atoms with E-state index < -0.39 is 5.91 Å². The third-order valence-electron chi connectivity index (χ3n) is 3.59. The average Bonchev–Trinajstić information content (AvgIpc) is 2.94. The standard InChI is InChI=1S/C16H15N3O2/c17-13-3-1-11(16(19)20)8-12(13)15(18)10-2-4-14-9(7-10)5-6-21-14/h1-4,7-8,18H,5-6,17H2,(H2,19,20). The number of hydrogen-bond donors (Lipinski definition) is 3. The van der Waals surface area contributed by atoms with E-state index >= 15 is 0 Å². The molecule has 0 atom stereocenters. The number of amides is 1. The first kappa shape index (κ1) is 13.2. The summed E-state index contributed by atoms with van der Waals surface area (Å²) in [6.45, 7) is 0.672. The zero-order valence-corrected chi connectivity index (χ0v) is 11.3. The van der Waals surface area contributed by atoms with E-state index in [0.717, 1.165) is 23.3 Å². The van der Waals surface area contributed by atoms with E-state index in [1.807, 2.05) is 18.2 Å². The molecule has 0 spiro atoms. The van der Waals surface area contributed by atoms with Gasteiger partial charge in [0.1, 0.15) is 5.75 Å². The molecule has 0 saturated carbocycles. The van der Waals surface area contributed by atoms with Crippen molar-refractivity contribution in [1.82, 2.24) is 0 Å². The quantitative estimate of drug-likeness (QED) is 0.589. The average molecular weight is 281 g/mol. The van der Waals surface area contributed by atoms with Crippen molar-refractivity contribution in [2.24, 2.45) is 5.73 Å². The number of nitrogen functional groups attached to an aromatic ring is 1. The molecule has 1 amide bonds. The molecule has 0 aromatic heterocycles. The molecule has 21 heavy (non-hydrogen) atoms. The number of nitrogens with two attached hydrogens (primary N) is 2. The molecule has 1 aliphatic heterocycles. The van der Waals surface area contributed by atoms with Crippen LogP contribution >= 0.6 is 0 Å². The summed E-state index contributed by atoms with van der Waals surface area (Å²) in [5.41, 5.74) is 14.6.